The number of carbonyl (C=O) groups is 1. The van der Waals surface area contributed by atoms with Gasteiger partial charge in [-0.15, -0.1) is 0 Å². The predicted octanol–water partition coefficient (Wildman–Crippen LogP) is 3.84. The number of amides is 2. The molecular weight excluding hydrogens is 370 g/mol. The number of carbonyl (C=O) groups excluding carboxylic acids is 1. The normalized spacial score (nSPS) is 15.7. The van der Waals surface area contributed by atoms with Gasteiger partial charge in [-0.25, -0.2) is 9.78 Å². The Labute approximate surface area is 172 Å². The molecule has 3 rings (SSSR count). The molecule has 156 valence electrons. The molecule has 0 bridgehead atoms. The zero-order valence-electron chi connectivity index (χ0n) is 17.1. The number of nitrogens with one attached hydrogen (secondary N) is 1. The molecule has 0 saturated carbocycles. The van der Waals surface area contributed by atoms with Crippen LogP contribution in [0.4, 0.5) is 4.79 Å². The summed E-state index contributed by atoms with van der Waals surface area (Å²) in [5.41, 5.74) is 0.907. The quantitative estimate of drug-likeness (QED) is 0.694. The van der Waals surface area contributed by atoms with E-state index in [0.717, 1.165) is 31.7 Å². The Hall–Kier alpha value is -2.80. The van der Waals surface area contributed by atoms with Gasteiger partial charge in [0.05, 0.1) is 13.2 Å². The third-order valence-electron chi connectivity index (χ3n) is 4.78. The molecule has 7 heteroatoms. The van der Waals surface area contributed by atoms with Crippen molar-refractivity contribution in [1.82, 2.24) is 15.2 Å². The molecular formula is C22H29N3O4. The number of para-hydroxylation sites is 2. The van der Waals surface area contributed by atoms with Crippen LogP contribution in [0.15, 0.2) is 42.6 Å². The van der Waals surface area contributed by atoms with E-state index in [9.17, 15) is 4.79 Å². The second-order valence-corrected chi connectivity index (χ2v) is 6.91. The fraction of sp³-hybridized carbons (Fsp3) is 0.455. The lowest BCUT2D eigenvalue weighted by molar-refractivity contribution is 0.166. The average molecular weight is 399 g/mol. The van der Waals surface area contributed by atoms with Crippen LogP contribution in [0.3, 0.4) is 0 Å². The van der Waals surface area contributed by atoms with Crippen molar-refractivity contribution in [3.63, 3.8) is 0 Å². The van der Waals surface area contributed by atoms with Crippen molar-refractivity contribution in [2.75, 3.05) is 32.9 Å². The van der Waals surface area contributed by atoms with Gasteiger partial charge in [-0.05, 0) is 38.0 Å². The monoisotopic (exact) mass is 399 g/mol. The fourth-order valence-corrected chi connectivity index (χ4v) is 3.18. The highest BCUT2D eigenvalue weighted by atomic mass is 16.5. The largest absolute Gasteiger partial charge is 0.490 e. The Balaban J connectivity index is 1.51. The van der Waals surface area contributed by atoms with Gasteiger partial charge < -0.3 is 24.4 Å². The van der Waals surface area contributed by atoms with Crippen LogP contribution in [-0.2, 0) is 11.3 Å². The number of rotatable bonds is 9. The maximum absolute atomic E-state index is 12.5. The molecule has 29 heavy (non-hydrogen) atoms. The number of pyridine rings is 1. The standard InChI is InChI=1S/C22H29N3O4/c1-3-25(15-18-11-12-27-16-18)22(26)24-14-17-9-10-21(23-13-17)29-20-8-6-5-7-19(20)28-4-2/h5-10,13,18H,3-4,11-12,14-16H2,1-2H3,(H,24,26). The fourth-order valence-electron chi connectivity index (χ4n) is 3.18. The SMILES string of the molecule is CCOc1ccccc1Oc1ccc(CNC(=O)N(CC)CC2CCOC2)cn1. The smallest absolute Gasteiger partial charge is 0.317 e. The second-order valence-electron chi connectivity index (χ2n) is 6.91. The predicted molar refractivity (Wildman–Crippen MR) is 110 cm³/mol. The van der Waals surface area contributed by atoms with Gasteiger partial charge in [-0.3, -0.25) is 0 Å². The molecule has 1 unspecified atom stereocenters. The number of urea groups is 1. The van der Waals surface area contributed by atoms with Crippen molar-refractivity contribution in [3.8, 4) is 17.4 Å². The summed E-state index contributed by atoms with van der Waals surface area (Å²) >= 11 is 0. The third-order valence-corrected chi connectivity index (χ3v) is 4.78. The highest BCUT2D eigenvalue weighted by molar-refractivity contribution is 5.74. The first-order chi connectivity index (χ1) is 14.2. The van der Waals surface area contributed by atoms with E-state index in [1.165, 1.54) is 0 Å². The molecule has 1 atom stereocenters. The van der Waals surface area contributed by atoms with E-state index in [1.807, 2.05) is 49.1 Å². The van der Waals surface area contributed by atoms with Crippen LogP contribution < -0.4 is 14.8 Å². The molecule has 0 aliphatic carbocycles. The van der Waals surface area contributed by atoms with E-state index in [2.05, 4.69) is 10.3 Å². The van der Waals surface area contributed by atoms with Crippen molar-refractivity contribution < 1.29 is 19.0 Å². The first-order valence-electron chi connectivity index (χ1n) is 10.1. The first kappa shape index (κ1) is 20.9. The van der Waals surface area contributed by atoms with Crippen LogP contribution >= 0.6 is 0 Å². The maximum Gasteiger partial charge on any atom is 0.317 e. The molecule has 2 aromatic rings. The van der Waals surface area contributed by atoms with Crippen LogP contribution in [0.2, 0.25) is 0 Å². The molecule has 2 amide bonds. The molecule has 7 nitrogen and oxygen atoms in total. The van der Waals surface area contributed by atoms with E-state index in [1.54, 1.807) is 12.3 Å². The van der Waals surface area contributed by atoms with Gasteiger partial charge in [0.15, 0.2) is 11.5 Å². The number of hydrogen-bond acceptors (Lipinski definition) is 5. The lowest BCUT2D eigenvalue weighted by Crippen LogP contribution is -2.42. The molecule has 1 aliphatic rings. The Morgan fingerprint density at radius 2 is 2.07 bits per heavy atom. The Bertz CT molecular complexity index is 776. The Morgan fingerprint density at radius 3 is 2.72 bits per heavy atom. The van der Waals surface area contributed by atoms with Crippen LogP contribution in [0.5, 0.6) is 17.4 Å². The minimum atomic E-state index is -0.0645. The van der Waals surface area contributed by atoms with Gasteiger partial charge in [0.1, 0.15) is 0 Å². The lowest BCUT2D eigenvalue weighted by Gasteiger charge is -2.24. The number of aromatic nitrogens is 1. The highest BCUT2D eigenvalue weighted by Gasteiger charge is 2.21. The van der Waals surface area contributed by atoms with Crippen molar-refractivity contribution in [2.45, 2.75) is 26.8 Å². The molecule has 1 N–H and O–H groups in total. The Kier molecular flexibility index (Phi) is 7.69. The van der Waals surface area contributed by atoms with E-state index in [4.69, 9.17) is 14.2 Å². The minimum absolute atomic E-state index is 0.0645. The number of nitrogens with zero attached hydrogens (tertiary/aromatic N) is 2. The summed E-state index contributed by atoms with van der Waals surface area (Å²) in [5.74, 6) is 2.21. The van der Waals surface area contributed by atoms with Gasteiger partial charge in [0, 0.05) is 44.4 Å². The van der Waals surface area contributed by atoms with E-state index < -0.39 is 0 Å². The van der Waals surface area contributed by atoms with Crippen LogP contribution in [0.1, 0.15) is 25.8 Å². The van der Waals surface area contributed by atoms with E-state index in [0.29, 0.717) is 43.0 Å². The van der Waals surface area contributed by atoms with Crippen LogP contribution in [0.25, 0.3) is 0 Å². The van der Waals surface area contributed by atoms with E-state index in [-0.39, 0.29) is 6.03 Å². The van der Waals surface area contributed by atoms with Gasteiger partial charge in [0.25, 0.3) is 0 Å². The molecule has 2 heterocycles. The highest BCUT2D eigenvalue weighted by Crippen LogP contribution is 2.30. The summed E-state index contributed by atoms with van der Waals surface area (Å²) in [5, 5.41) is 2.96. The van der Waals surface area contributed by atoms with Crippen molar-refractivity contribution in [3.05, 3.63) is 48.2 Å². The topological polar surface area (TPSA) is 72.9 Å². The van der Waals surface area contributed by atoms with Gasteiger partial charge in [-0.1, -0.05) is 18.2 Å². The van der Waals surface area contributed by atoms with Gasteiger partial charge in [-0.2, -0.15) is 0 Å². The summed E-state index contributed by atoms with van der Waals surface area (Å²) in [6.07, 6.45) is 2.72. The molecule has 0 spiro atoms. The van der Waals surface area contributed by atoms with Crippen molar-refractivity contribution in [1.29, 1.82) is 0 Å². The maximum atomic E-state index is 12.5. The second kappa shape index (κ2) is 10.7. The zero-order chi connectivity index (χ0) is 20.5. The number of benzene rings is 1. The number of hydrogen-bond donors (Lipinski definition) is 1. The third kappa shape index (κ3) is 6.09. The summed E-state index contributed by atoms with van der Waals surface area (Å²) in [6.45, 7) is 7.83. The molecule has 1 aromatic carbocycles. The van der Waals surface area contributed by atoms with Crippen molar-refractivity contribution >= 4 is 6.03 Å². The summed E-state index contributed by atoms with van der Waals surface area (Å²) in [4.78, 5) is 18.6. The first-order valence-corrected chi connectivity index (χ1v) is 10.1. The van der Waals surface area contributed by atoms with E-state index >= 15 is 0 Å². The molecule has 1 saturated heterocycles. The van der Waals surface area contributed by atoms with Crippen LogP contribution in [-0.4, -0.2) is 48.8 Å². The molecule has 1 aliphatic heterocycles. The summed E-state index contributed by atoms with van der Waals surface area (Å²) in [6, 6.07) is 11.1. The van der Waals surface area contributed by atoms with Crippen LogP contribution in [0, 0.1) is 5.92 Å². The molecule has 0 radical (unpaired) electrons. The number of ether oxygens (including phenoxy) is 3. The average Bonchev–Trinajstić information content (AvgIpc) is 3.26. The summed E-state index contributed by atoms with van der Waals surface area (Å²) < 4.78 is 16.8. The molecule has 1 fully saturated rings. The lowest BCUT2D eigenvalue weighted by atomic mass is 10.1. The van der Waals surface area contributed by atoms with Crippen molar-refractivity contribution in [2.24, 2.45) is 5.92 Å². The summed E-state index contributed by atoms with van der Waals surface area (Å²) in [7, 11) is 0. The Morgan fingerprint density at radius 1 is 1.24 bits per heavy atom. The molecule has 1 aromatic heterocycles. The van der Waals surface area contributed by atoms with Gasteiger partial charge >= 0.3 is 6.03 Å². The van der Waals surface area contributed by atoms with Gasteiger partial charge in [0.2, 0.25) is 5.88 Å². The minimum Gasteiger partial charge on any atom is -0.490 e. The zero-order valence-corrected chi connectivity index (χ0v) is 17.1.